The minimum Gasteiger partial charge on any atom is -0.394 e. The fourth-order valence-electron chi connectivity index (χ4n) is 2.05. The maximum Gasteiger partial charge on any atom is 0.319 e. The molecule has 23 heavy (non-hydrogen) atoms. The van der Waals surface area contributed by atoms with Crippen molar-refractivity contribution in [3.8, 4) is 6.07 Å². The van der Waals surface area contributed by atoms with Crippen LogP contribution in [-0.4, -0.2) is 17.7 Å². The number of nitrogens with one attached hydrogen (secondary N) is 2. The summed E-state index contributed by atoms with van der Waals surface area (Å²) in [6.45, 7) is -0.226. The number of hydrogen-bond donors (Lipinski definition) is 3. The minimum atomic E-state index is -0.523. The number of aliphatic hydroxyl groups is 1. The van der Waals surface area contributed by atoms with Crippen LogP contribution in [-0.2, 0) is 6.42 Å². The molecule has 1 atom stereocenters. The van der Waals surface area contributed by atoms with Gasteiger partial charge in [0, 0.05) is 10.7 Å². The molecular formula is C17H16ClN3O2. The molecule has 0 heterocycles. The van der Waals surface area contributed by atoms with Crippen LogP contribution in [0.1, 0.15) is 17.2 Å². The van der Waals surface area contributed by atoms with Gasteiger partial charge in [0.25, 0.3) is 0 Å². The van der Waals surface area contributed by atoms with Gasteiger partial charge in [-0.05, 0) is 35.4 Å². The van der Waals surface area contributed by atoms with Gasteiger partial charge in [-0.25, -0.2) is 4.79 Å². The summed E-state index contributed by atoms with van der Waals surface area (Å²) in [6, 6.07) is 15.0. The van der Waals surface area contributed by atoms with E-state index in [1.807, 2.05) is 0 Å². The van der Waals surface area contributed by atoms with Crippen molar-refractivity contribution >= 4 is 23.3 Å². The highest BCUT2D eigenvalue weighted by Crippen LogP contribution is 2.17. The van der Waals surface area contributed by atoms with Gasteiger partial charge in [0.2, 0.25) is 0 Å². The molecule has 0 radical (unpaired) electrons. The summed E-state index contributed by atoms with van der Waals surface area (Å²) in [7, 11) is 0. The van der Waals surface area contributed by atoms with Crippen LogP contribution in [0.5, 0.6) is 0 Å². The highest BCUT2D eigenvalue weighted by Gasteiger charge is 2.13. The lowest BCUT2D eigenvalue weighted by Gasteiger charge is -2.17. The first-order valence-electron chi connectivity index (χ1n) is 7.02. The number of amides is 2. The zero-order chi connectivity index (χ0) is 16.7. The van der Waals surface area contributed by atoms with Crippen LogP contribution < -0.4 is 10.6 Å². The van der Waals surface area contributed by atoms with E-state index >= 15 is 0 Å². The maximum absolute atomic E-state index is 12.0. The summed E-state index contributed by atoms with van der Waals surface area (Å²) >= 11 is 5.83. The van der Waals surface area contributed by atoms with Crippen LogP contribution in [0.15, 0.2) is 48.5 Å². The van der Waals surface area contributed by atoms with Crippen molar-refractivity contribution in [1.29, 1.82) is 5.26 Å². The summed E-state index contributed by atoms with van der Waals surface area (Å²) in [5.41, 5.74) is 2.25. The Morgan fingerprint density at radius 2 is 1.83 bits per heavy atom. The lowest BCUT2D eigenvalue weighted by molar-refractivity contribution is 0.225. The number of nitrogens with zero attached hydrogens (tertiary/aromatic N) is 1. The Hall–Kier alpha value is -2.55. The van der Waals surface area contributed by atoms with Crippen LogP contribution in [0.2, 0.25) is 5.02 Å². The quantitative estimate of drug-likeness (QED) is 0.787. The normalized spacial score (nSPS) is 11.3. The van der Waals surface area contributed by atoms with Gasteiger partial charge in [-0.15, -0.1) is 0 Å². The van der Waals surface area contributed by atoms with Crippen LogP contribution in [0.25, 0.3) is 0 Å². The Labute approximate surface area is 139 Å². The average Bonchev–Trinajstić information content (AvgIpc) is 2.56. The van der Waals surface area contributed by atoms with Gasteiger partial charge in [-0.2, -0.15) is 5.26 Å². The molecule has 0 spiro atoms. The summed E-state index contributed by atoms with van der Waals surface area (Å²) in [5.74, 6) is 0. The average molecular weight is 330 g/mol. The Morgan fingerprint density at radius 1 is 1.17 bits per heavy atom. The van der Waals surface area contributed by atoms with E-state index < -0.39 is 12.1 Å². The van der Waals surface area contributed by atoms with E-state index in [4.69, 9.17) is 16.9 Å². The molecule has 0 bridgehead atoms. The predicted molar refractivity (Wildman–Crippen MR) is 89.2 cm³/mol. The van der Waals surface area contributed by atoms with E-state index in [0.29, 0.717) is 17.1 Å². The molecule has 2 amide bonds. The SMILES string of the molecule is N#CCc1ccc(NC(=O)NC(CO)c2ccc(Cl)cc2)cc1. The fraction of sp³-hybridized carbons (Fsp3) is 0.176. The Bertz CT molecular complexity index is 693. The Kier molecular flexibility index (Phi) is 5.98. The van der Waals surface area contributed by atoms with Crippen molar-refractivity contribution in [2.75, 3.05) is 11.9 Å². The molecule has 6 heteroatoms. The predicted octanol–water partition coefficient (Wildman–Crippen LogP) is 3.26. The third-order valence-corrected chi connectivity index (χ3v) is 3.51. The van der Waals surface area contributed by atoms with Crippen molar-refractivity contribution in [3.05, 3.63) is 64.7 Å². The molecule has 118 valence electrons. The number of urea groups is 1. The first-order valence-corrected chi connectivity index (χ1v) is 7.40. The molecule has 0 fully saturated rings. The number of halogens is 1. The third-order valence-electron chi connectivity index (χ3n) is 3.26. The standard InChI is InChI=1S/C17H16ClN3O2/c18-14-5-3-13(4-6-14)16(11-22)21-17(23)20-15-7-1-12(2-8-15)9-10-19/h1-8,16,22H,9,11H2,(H2,20,21,23). The second-order valence-electron chi connectivity index (χ2n) is 4.92. The largest absolute Gasteiger partial charge is 0.394 e. The number of aliphatic hydroxyl groups excluding tert-OH is 1. The molecule has 2 rings (SSSR count). The number of carbonyl (C=O) groups excluding carboxylic acids is 1. The second-order valence-corrected chi connectivity index (χ2v) is 5.35. The van der Waals surface area contributed by atoms with Crippen LogP contribution in [0, 0.1) is 11.3 Å². The van der Waals surface area contributed by atoms with Gasteiger partial charge in [-0.1, -0.05) is 35.9 Å². The Balaban J connectivity index is 1.97. The summed E-state index contributed by atoms with van der Waals surface area (Å²) in [6.07, 6.45) is 0.329. The minimum absolute atomic E-state index is 0.226. The van der Waals surface area contributed by atoms with E-state index in [1.165, 1.54) is 0 Å². The zero-order valence-corrected chi connectivity index (χ0v) is 13.0. The molecule has 1 unspecified atom stereocenters. The van der Waals surface area contributed by atoms with Crippen LogP contribution in [0.4, 0.5) is 10.5 Å². The molecule has 0 saturated heterocycles. The molecule has 0 aliphatic heterocycles. The first kappa shape index (κ1) is 16.8. The number of benzene rings is 2. The molecular weight excluding hydrogens is 314 g/mol. The molecule has 3 N–H and O–H groups in total. The van der Waals surface area contributed by atoms with Gasteiger partial charge < -0.3 is 15.7 Å². The maximum atomic E-state index is 12.0. The van der Waals surface area contributed by atoms with Crippen molar-refractivity contribution in [2.45, 2.75) is 12.5 Å². The van der Waals surface area contributed by atoms with E-state index in [0.717, 1.165) is 11.1 Å². The first-order chi connectivity index (χ1) is 11.1. The summed E-state index contributed by atoms with van der Waals surface area (Å²) < 4.78 is 0. The van der Waals surface area contributed by atoms with Crippen molar-refractivity contribution in [2.24, 2.45) is 0 Å². The molecule has 0 aliphatic carbocycles. The number of hydrogen-bond acceptors (Lipinski definition) is 3. The molecule has 0 aliphatic rings. The molecule has 2 aromatic rings. The van der Waals surface area contributed by atoms with Gasteiger partial charge in [0.1, 0.15) is 0 Å². The topological polar surface area (TPSA) is 85.2 Å². The van der Waals surface area contributed by atoms with Crippen molar-refractivity contribution < 1.29 is 9.90 Å². The molecule has 0 saturated carbocycles. The zero-order valence-electron chi connectivity index (χ0n) is 12.3. The van der Waals surface area contributed by atoms with E-state index in [-0.39, 0.29) is 6.61 Å². The summed E-state index contributed by atoms with van der Waals surface area (Å²) in [4.78, 5) is 12.0. The lowest BCUT2D eigenvalue weighted by atomic mass is 10.1. The van der Waals surface area contributed by atoms with Crippen molar-refractivity contribution in [1.82, 2.24) is 5.32 Å². The highest BCUT2D eigenvalue weighted by atomic mass is 35.5. The van der Waals surface area contributed by atoms with Gasteiger partial charge in [-0.3, -0.25) is 0 Å². The Morgan fingerprint density at radius 3 is 2.39 bits per heavy atom. The molecule has 0 aromatic heterocycles. The molecule has 2 aromatic carbocycles. The van der Waals surface area contributed by atoms with E-state index in [1.54, 1.807) is 48.5 Å². The smallest absolute Gasteiger partial charge is 0.319 e. The van der Waals surface area contributed by atoms with Gasteiger partial charge in [0.05, 0.1) is 25.1 Å². The third kappa shape index (κ3) is 4.99. The summed E-state index contributed by atoms with van der Waals surface area (Å²) in [5, 5.41) is 24.0. The van der Waals surface area contributed by atoms with E-state index in [9.17, 15) is 9.90 Å². The van der Waals surface area contributed by atoms with Crippen molar-refractivity contribution in [3.63, 3.8) is 0 Å². The van der Waals surface area contributed by atoms with Crippen LogP contribution >= 0.6 is 11.6 Å². The fourth-order valence-corrected chi connectivity index (χ4v) is 2.18. The number of nitriles is 1. The number of carbonyl (C=O) groups is 1. The van der Waals surface area contributed by atoms with Crippen LogP contribution in [0.3, 0.4) is 0 Å². The lowest BCUT2D eigenvalue weighted by Crippen LogP contribution is -2.34. The van der Waals surface area contributed by atoms with Gasteiger partial charge in [0.15, 0.2) is 0 Å². The number of anilines is 1. The second kappa shape index (κ2) is 8.18. The monoisotopic (exact) mass is 329 g/mol. The highest BCUT2D eigenvalue weighted by molar-refractivity contribution is 6.30. The van der Waals surface area contributed by atoms with Gasteiger partial charge >= 0.3 is 6.03 Å². The molecule has 5 nitrogen and oxygen atoms in total. The van der Waals surface area contributed by atoms with E-state index in [2.05, 4.69) is 16.7 Å². The number of rotatable bonds is 5.